The molecule has 0 aliphatic rings. The van der Waals surface area contributed by atoms with Crippen molar-refractivity contribution in [3.63, 3.8) is 0 Å². The van der Waals surface area contributed by atoms with Gasteiger partial charge >= 0.3 is 0 Å². The first kappa shape index (κ1) is 20.6. The highest BCUT2D eigenvalue weighted by Crippen LogP contribution is 2.25. The second-order valence-corrected chi connectivity index (χ2v) is 6.83. The van der Waals surface area contributed by atoms with Crippen LogP contribution in [0.5, 0.6) is 0 Å². The number of furan rings is 1. The van der Waals surface area contributed by atoms with Gasteiger partial charge in [0.25, 0.3) is 0 Å². The van der Waals surface area contributed by atoms with Crippen molar-refractivity contribution >= 4 is 17.8 Å². The number of unbranched alkanes of at least 4 members (excludes halogenated alkanes) is 3. The van der Waals surface area contributed by atoms with Crippen LogP contribution in [-0.4, -0.2) is 16.9 Å². The Morgan fingerprint density at radius 1 is 1.00 bits per heavy atom. The first-order valence-electron chi connectivity index (χ1n) is 9.30. The molecule has 0 saturated carbocycles. The summed E-state index contributed by atoms with van der Waals surface area (Å²) in [5.41, 5.74) is 5.02. The number of amides is 1. The minimum Gasteiger partial charge on any atom is -0.457 e. The molecular formula is C22H27NO4. The van der Waals surface area contributed by atoms with Gasteiger partial charge in [-0.2, -0.15) is 0 Å². The van der Waals surface area contributed by atoms with Gasteiger partial charge in [0.2, 0.25) is 5.91 Å². The fourth-order valence-corrected chi connectivity index (χ4v) is 2.97. The van der Waals surface area contributed by atoms with Gasteiger partial charge in [-0.15, -0.1) is 0 Å². The second-order valence-electron chi connectivity index (χ2n) is 6.83. The van der Waals surface area contributed by atoms with Gasteiger partial charge in [0.15, 0.2) is 5.78 Å². The van der Waals surface area contributed by atoms with Gasteiger partial charge in [0.05, 0.1) is 0 Å². The minimum absolute atomic E-state index is 0.0625. The molecule has 1 aromatic heterocycles. The predicted octanol–water partition coefficient (Wildman–Crippen LogP) is 4.99. The van der Waals surface area contributed by atoms with Crippen LogP contribution < -0.4 is 5.48 Å². The maximum absolute atomic E-state index is 11.9. The van der Waals surface area contributed by atoms with Crippen molar-refractivity contribution < 1.29 is 19.2 Å². The molecule has 2 aromatic rings. The molecule has 0 saturated heterocycles. The summed E-state index contributed by atoms with van der Waals surface area (Å²) in [5, 5.41) is 8.39. The van der Waals surface area contributed by atoms with E-state index < -0.39 is 0 Å². The molecule has 144 valence electrons. The lowest BCUT2D eigenvalue weighted by atomic mass is 10.1. The summed E-state index contributed by atoms with van der Waals surface area (Å²) >= 11 is 0. The molecule has 1 amide bonds. The summed E-state index contributed by atoms with van der Waals surface area (Å²) < 4.78 is 5.82. The van der Waals surface area contributed by atoms with Crippen molar-refractivity contribution in [1.82, 2.24) is 5.48 Å². The van der Waals surface area contributed by atoms with Gasteiger partial charge in [-0.05, 0) is 63.1 Å². The SMILES string of the molecule is Cc1cc(C)cc(-c2ccc(/C=C/C(=O)CCCCCCC(=O)NO)o2)c1. The van der Waals surface area contributed by atoms with E-state index in [-0.39, 0.29) is 11.7 Å². The first-order chi connectivity index (χ1) is 13.0. The van der Waals surface area contributed by atoms with E-state index in [0.29, 0.717) is 25.0 Å². The molecule has 0 spiro atoms. The molecule has 0 aliphatic heterocycles. The summed E-state index contributed by atoms with van der Waals surface area (Å²) in [6.07, 6.45) is 7.31. The Balaban J connectivity index is 1.76. The molecule has 0 radical (unpaired) electrons. The van der Waals surface area contributed by atoms with E-state index in [1.807, 2.05) is 12.1 Å². The van der Waals surface area contributed by atoms with Crippen molar-refractivity contribution in [2.45, 2.75) is 52.4 Å². The number of carbonyl (C=O) groups is 2. The quantitative estimate of drug-likeness (QED) is 0.267. The first-order valence-corrected chi connectivity index (χ1v) is 9.30. The number of hydrogen-bond acceptors (Lipinski definition) is 4. The molecule has 5 heteroatoms. The molecule has 1 aromatic carbocycles. The summed E-state index contributed by atoms with van der Waals surface area (Å²) in [6.45, 7) is 4.11. The van der Waals surface area contributed by atoms with E-state index in [2.05, 4.69) is 32.0 Å². The molecule has 0 atom stereocenters. The molecule has 2 N–H and O–H groups in total. The Hall–Kier alpha value is -2.66. The number of aryl methyl sites for hydroxylation is 2. The average molecular weight is 369 g/mol. The average Bonchev–Trinajstić information content (AvgIpc) is 3.11. The van der Waals surface area contributed by atoms with E-state index in [9.17, 15) is 9.59 Å². The van der Waals surface area contributed by atoms with Gasteiger partial charge in [0, 0.05) is 18.4 Å². The fraction of sp³-hybridized carbons (Fsp3) is 0.364. The Kier molecular flexibility index (Phi) is 8.01. The van der Waals surface area contributed by atoms with Crippen LogP contribution in [0.2, 0.25) is 0 Å². The van der Waals surface area contributed by atoms with Crippen LogP contribution in [0.15, 0.2) is 40.8 Å². The van der Waals surface area contributed by atoms with Crippen LogP contribution in [0, 0.1) is 13.8 Å². The highest BCUT2D eigenvalue weighted by molar-refractivity contribution is 5.93. The molecule has 5 nitrogen and oxygen atoms in total. The van der Waals surface area contributed by atoms with Crippen molar-refractivity contribution in [1.29, 1.82) is 0 Å². The van der Waals surface area contributed by atoms with Gasteiger partial charge < -0.3 is 4.42 Å². The van der Waals surface area contributed by atoms with Crippen molar-refractivity contribution in [3.8, 4) is 11.3 Å². The number of ketones is 1. The van der Waals surface area contributed by atoms with Crippen LogP contribution in [0.3, 0.4) is 0 Å². The Morgan fingerprint density at radius 3 is 2.33 bits per heavy atom. The Bertz CT molecular complexity index is 784. The van der Waals surface area contributed by atoms with Gasteiger partial charge in [0.1, 0.15) is 11.5 Å². The number of hydroxylamine groups is 1. The van der Waals surface area contributed by atoms with Crippen LogP contribution in [-0.2, 0) is 9.59 Å². The second kappa shape index (κ2) is 10.5. The van der Waals surface area contributed by atoms with E-state index in [1.54, 1.807) is 17.6 Å². The molecule has 2 rings (SSSR count). The minimum atomic E-state index is -0.368. The number of benzene rings is 1. The van der Waals surface area contributed by atoms with Crippen LogP contribution in [0.25, 0.3) is 17.4 Å². The summed E-state index contributed by atoms with van der Waals surface area (Å²) in [6, 6.07) is 10.1. The maximum Gasteiger partial charge on any atom is 0.243 e. The number of hydrogen-bond donors (Lipinski definition) is 2. The topological polar surface area (TPSA) is 79.5 Å². The van der Waals surface area contributed by atoms with Gasteiger partial charge in [-0.25, -0.2) is 5.48 Å². The van der Waals surface area contributed by atoms with E-state index in [0.717, 1.165) is 30.6 Å². The standard InChI is InChI=1S/C22H27NO4/c1-16-13-17(2)15-18(14-16)21-12-11-20(27-21)10-9-19(24)7-5-3-4-6-8-22(25)23-26/h9-15,26H,3-8H2,1-2H3,(H,23,25)/b10-9+. The molecule has 0 fully saturated rings. The van der Waals surface area contributed by atoms with E-state index in [1.165, 1.54) is 11.1 Å². The highest BCUT2D eigenvalue weighted by Gasteiger charge is 2.05. The lowest BCUT2D eigenvalue weighted by Gasteiger charge is -2.01. The number of nitrogens with one attached hydrogen (secondary N) is 1. The molecule has 0 bridgehead atoms. The zero-order valence-electron chi connectivity index (χ0n) is 16.0. The van der Waals surface area contributed by atoms with Gasteiger partial charge in [-0.1, -0.05) is 30.0 Å². The summed E-state index contributed by atoms with van der Waals surface area (Å²) in [5.74, 6) is 1.15. The lowest BCUT2D eigenvalue weighted by molar-refractivity contribution is -0.129. The number of allylic oxidation sites excluding steroid dienone is 1. The monoisotopic (exact) mass is 369 g/mol. The zero-order valence-corrected chi connectivity index (χ0v) is 16.0. The van der Waals surface area contributed by atoms with Crippen molar-refractivity contribution in [2.75, 3.05) is 0 Å². The molecular weight excluding hydrogens is 342 g/mol. The van der Waals surface area contributed by atoms with Crippen LogP contribution in [0.1, 0.15) is 55.4 Å². The van der Waals surface area contributed by atoms with Crippen LogP contribution >= 0.6 is 0 Å². The van der Waals surface area contributed by atoms with Crippen LogP contribution in [0.4, 0.5) is 0 Å². The summed E-state index contributed by atoms with van der Waals surface area (Å²) in [4.78, 5) is 22.8. The van der Waals surface area contributed by atoms with E-state index in [4.69, 9.17) is 9.62 Å². The fourth-order valence-electron chi connectivity index (χ4n) is 2.97. The summed E-state index contributed by atoms with van der Waals surface area (Å²) in [7, 11) is 0. The molecule has 27 heavy (non-hydrogen) atoms. The third-order valence-corrected chi connectivity index (χ3v) is 4.27. The largest absolute Gasteiger partial charge is 0.457 e. The highest BCUT2D eigenvalue weighted by atomic mass is 16.5. The zero-order chi connectivity index (χ0) is 19.6. The maximum atomic E-state index is 11.9. The normalized spacial score (nSPS) is 11.1. The molecule has 1 heterocycles. The lowest BCUT2D eigenvalue weighted by Crippen LogP contribution is -2.17. The van der Waals surface area contributed by atoms with Crippen molar-refractivity contribution in [2.24, 2.45) is 0 Å². The molecule has 0 aliphatic carbocycles. The van der Waals surface area contributed by atoms with E-state index >= 15 is 0 Å². The predicted molar refractivity (Wildman–Crippen MR) is 105 cm³/mol. The van der Waals surface area contributed by atoms with Crippen molar-refractivity contribution in [3.05, 3.63) is 53.3 Å². The number of carbonyl (C=O) groups excluding carboxylic acids is 2. The molecule has 0 unspecified atom stereocenters. The Labute approximate surface area is 160 Å². The number of rotatable bonds is 10. The smallest absolute Gasteiger partial charge is 0.243 e. The Morgan fingerprint density at radius 2 is 1.67 bits per heavy atom. The van der Waals surface area contributed by atoms with Gasteiger partial charge in [-0.3, -0.25) is 14.8 Å². The third kappa shape index (κ3) is 7.23. The third-order valence-electron chi connectivity index (χ3n) is 4.27.